The second-order valence-electron chi connectivity index (χ2n) is 3.29. The molecule has 0 saturated heterocycles. The van der Waals surface area contributed by atoms with Gasteiger partial charge in [-0.2, -0.15) is 5.10 Å². The topological polar surface area (TPSA) is 90.0 Å². The summed E-state index contributed by atoms with van der Waals surface area (Å²) in [5.41, 5.74) is 5.03. The first kappa shape index (κ1) is 11.2. The van der Waals surface area contributed by atoms with E-state index in [9.17, 15) is 9.59 Å². The highest BCUT2D eigenvalue weighted by molar-refractivity contribution is 5.87. The van der Waals surface area contributed by atoms with E-state index in [1.807, 2.05) is 0 Å². The lowest BCUT2D eigenvalue weighted by Crippen LogP contribution is -2.44. The number of rotatable bonds is 4. The van der Waals surface area contributed by atoms with Crippen LogP contribution in [-0.4, -0.2) is 27.6 Å². The zero-order valence-corrected chi connectivity index (χ0v) is 8.68. The summed E-state index contributed by atoms with van der Waals surface area (Å²) in [6, 6.07) is 0.596. The van der Waals surface area contributed by atoms with E-state index in [0.717, 1.165) is 0 Å². The van der Waals surface area contributed by atoms with Crippen molar-refractivity contribution < 1.29 is 9.59 Å². The molecule has 0 aliphatic rings. The molecule has 1 heterocycles. The molecule has 2 amide bonds. The lowest BCUT2D eigenvalue weighted by Gasteiger charge is -2.15. The Bertz CT molecular complexity index is 347. The molecule has 1 aromatic heterocycles. The summed E-state index contributed by atoms with van der Waals surface area (Å²) in [6.45, 7) is 3.23. The number of hydrogen-bond donors (Lipinski definition) is 2. The number of carbonyl (C=O) groups is 2. The predicted molar refractivity (Wildman–Crippen MR) is 53.7 cm³/mol. The molecule has 0 aliphatic heterocycles. The zero-order chi connectivity index (χ0) is 11.4. The fraction of sp³-hybridized carbons (Fsp3) is 0.444. The van der Waals surface area contributed by atoms with E-state index >= 15 is 0 Å². The van der Waals surface area contributed by atoms with Crippen LogP contribution in [-0.2, 0) is 9.59 Å². The lowest BCUT2D eigenvalue weighted by atomic mass is 10.2. The summed E-state index contributed by atoms with van der Waals surface area (Å²) in [7, 11) is 0. The van der Waals surface area contributed by atoms with Gasteiger partial charge in [-0.15, -0.1) is 0 Å². The van der Waals surface area contributed by atoms with Gasteiger partial charge >= 0.3 is 0 Å². The van der Waals surface area contributed by atoms with Crippen molar-refractivity contribution >= 4 is 11.8 Å². The maximum absolute atomic E-state index is 11.6. The molecule has 0 fully saturated rings. The van der Waals surface area contributed by atoms with Crippen molar-refractivity contribution in [3.8, 4) is 0 Å². The smallest absolute Gasteiger partial charge is 0.245 e. The second kappa shape index (κ2) is 4.59. The molecular formula is C9H14N4O2. The van der Waals surface area contributed by atoms with E-state index in [4.69, 9.17) is 5.73 Å². The normalized spacial score (nSPS) is 14.3. The molecule has 6 heteroatoms. The summed E-state index contributed by atoms with van der Waals surface area (Å²) in [5, 5.41) is 6.42. The maximum Gasteiger partial charge on any atom is 0.245 e. The molecule has 1 aromatic rings. The van der Waals surface area contributed by atoms with Gasteiger partial charge in [0, 0.05) is 12.4 Å². The molecule has 15 heavy (non-hydrogen) atoms. The van der Waals surface area contributed by atoms with Gasteiger partial charge in [-0.05, 0) is 19.9 Å². The molecular weight excluding hydrogens is 196 g/mol. The first-order chi connectivity index (χ1) is 7.02. The summed E-state index contributed by atoms with van der Waals surface area (Å²) in [5.74, 6) is -0.846. The molecule has 1 rings (SSSR count). The standard InChI is InChI=1S/C9H14N4O2/c1-6(8(10)14)12-9(15)7(2)13-5-3-4-11-13/h3-7H,1-2H3,(H2,10,14)(H,12,15). The largest absolute Gasteiger partial charge is 0.368 e. The molecule has 3 N–H and O–H groups in total. The number of nitrogens with one attached hydrogen (secondary N) is 1. The number of nitrogens with two attached hydrogens (primary N) is 1. The van der Waals surface area contributed by atoms with Gasteiger partial charge < -0.3 is 11.1 Å². The van der Waals surface area contributed by atoms with Crippen LogP contribution < -0.4 is 11.1 Å². The van der Waals surface area contributed by atoms with E-state index in [1.54, 1.807) is 25.4 Å². The summed E-state index contributed by atoms with van der Waals surface area (Å²) in [4.78, 5) is 22.3. The average molecular weight is 210 g/mol. The zero-order valence-electron chi connectivity index (χ0n) is 8.68. The average Bonchev–Trinajstić information content (AvgIpc) is 2.68. The first-order valence-corrected chi connectivity index (χ1v) is 4.61. The Labute approximate surface area is 87.4 Å². The first-order valence-electron chi connectivity index (χ1n) is 4.61. The Morgan fingerprint density at radius 3 is 2.60 bits per heavy atom. The highest BCUT2D eigenvalue weighted by Gasteiger charge is 2.18. The Balaban J connectivity index is 2.58. The molecule has 0 spiro atoms. The molecule has 82 valence electrons. The number of hydrogen-bond acceptors (Lipinski definition) is 3. The van der Waals surface area contributed by atoms with Gasteiger partial charge in [-0.3, -0.25) is 14.3 Å². The third-order valence-electron chi connectivity index (χ3n) is 2.09. The summed E-state index contributed by atoms with van der Waals surface area (Å²) in [6.07, 6.45) is 3.26. The minimum atomic E-state index is -0.671. The number of nitrogens with zero attached hydrogens (tertiary/aromatic N) is 2. The monoisotopic (exact) mass is 210 g/mol. The van der Waals surface area contributed by atoms with Gasteiger partial charge in [0.2, 0.25) is 11.8 Å². The van der Waals surface area contributed by atoms with Gasteiger partial charge in [-0.1, -0.05) is 0 Å². The third kappa shape index (κ3) is 2.80. The highest BCUT2D eigenvalue weighted by atomic mass is 16.2. The highest BCUT2D eigenvalue weighted by Crippen LogP contribution is 2.03. The number of amides is 2. The summed E-state index contributed by atoms with van der Waals surface area (Å²) < 4.78 is 1.50. The maximum atomic E-state index is 11.6. The van der Waals surface area contributed by atoms with Crippen molar-refractivity contribution in [2.45, 2.75) is 25.9 Å². The van der Waals surface area contributed by atoms with Gasteiger partial charge in [0.15, 0.2) is 0 Å². The predicted octanol–water partition coefficient (Wildman–Crippen LogP) is -0.566. The molecule has 0 radical (unpaired) electrons. The Morgan fingerprint density at radius 1 is 1.47 bits per heavy atom. The van der Waals surface area contributed by atoms with Gasteiger partial charge in [-0.25, -0.2) is 0 Å². The van der Waals surface area contributed by atoms with Crippen LogP contribution in [0.1, 0.15) is 19.9 Å². The molecule has 2 atom stereocenters. The van der Waals surface area contributed by atoms with Gasteiger partial charge in [0.1, 0.15) is 12.1 Å². The number of carbonyl (C=O) groups excluding carboxylic acids is 2. The Kier molecular flexibility index (Phi) is 3.43. The van der Waals surface area contributed by atoms with Crippen LogP contribution in [0.2, 0.25) is 0 Å². The van der Waals surface area contributed by atoms with E-state index in [2.05, 4.69) is 10.4 Å². The van der Waals surface area contributed by atoms with Crippen molar-refractivity contribution in [3.05, 3.63) is 18.5 Å². The summed E-state index contributed by atoms with van der Waals surface area (Å²) >= 11 is 0. The molecule has 6 nitrogen and oxygen atoms in total. The van der Waals surface area contributed by atoms with Gasteiger partial charge in [0.05, 0.1) is 0 Å². The molecule has 0 aliphatic carbocycles. The van der Waals surface area contributed by atoms with E-state index in [1.165, 1.54) is 11.6 Å². The number of aromatic nitrogens is 2. The van der Waals surface area contributed by atoms with E-state index in [0.29, 0.717) is 0 Å². The fourth-order valence-corrected chi connectivity index (χ4v) is 1.03. The SMILES string of the molecule is CC(NC(=O)C(C)n1cccn1)C(N)=O. The minimum Gasteiger partial charge on any atom is -0.368 e. The van der Waals surface area contributed by atoms with Crippen LogP contribution in [0.25, 0.3) is 0 Å². The van der Waals surface area contributed by atoms with Crippen molar-refractivity contribution in [2.75, 3.05) is 0 Å². The molecule has 0 bridgehead atoms. The van der Waals surface area contributed by atoms with Crippen LogP contribution in [0.15, 0.2) is 18.5 Å². The van der Waals surface area contributed by atoms with Crippen molar-refractivity contribution in [1.29, 1.82) is 0 Å². The second-order valence-corrected chi connectivity index (χ2v) is 3.29. The fourth-order valence-electron chi connectivity index (χ4n) is 1.03. The Morgan fingerprint density at radius 2 is 2.13 bits per heavy atom. The van der Waals surface area contributed by atoms with Crippen LogP contribution >= 0.6 is 0 Å². The third-order valence-corrected chi connectivity index (χ3v) is 2.09. The van der Waals surface area contributed by atoms with Crippen molar-refractivity contribution in [3.63, 3.8) is 0 Å². The van der Waals surface area contributed by atoms with Gasteiger partial charge in [0.25, 0.3) is 0 Å². The van der Waals surface area contributed by atoms with Crippen molar-refractivity contribution in [1.82, 2.24) is 15.1 Å². The van der Waals surface area contributed by atoms with Crippen LogP contribution in [0.5, 0.6) is 0 Å². The van der Waals surface area contributed by atoms with Crippen LogP contribution in [0, 0.1) is 0 Å². The quantitative estimate of drug-likeness (QED) is 0.697. The number of primary amides is 1. The van der Waals surface area contributed by atoms with Crippen molar-refractivity contribution in [2.24, 2.45) is 5.73 Å². The van der Waals surface area contributed by atoms with E-state index < -0.39 is 18.0 Å². The Hall–Kier alpha value is -1.85. The van der Waals surface area contributed by atoms with Crippen LogP contribution in [0.4, 0.5) is 0 Å². The molecule has 2 unspecified atom stereocenters. The van der Waals surface area contributed by atoms with E-state index in [-0.39, 0.29) is 5.91 Å². The molecule has 0 aromatic carbocycles. The lowest BCUT2D eigenvalue weighted by molar-refractivity contribution is -0.128. The van der Waals surface area contributed by atoms with Crippen LogP contribution in [0.3, 0.4) is 0 Å². The molecule has 0 saturated carbocycles. The minimum absolute atomic E-state index is 0.287.